The molecule has 0 saturated heterocycles. The molecule has 0 fully saturated rings. The van der Waals surface area contributed by atoms with E-state index in [1.165, 1.54) is 11.9 Å². The molecule has 3 N–H and O–H groups in total. The fraction of sp³-hybridized carbons (Fsp3) is 0.167. The summed E-state index contributed by atoms with van der Waals surface area (Å²) in [5, 5.41) is 3.51. The smallest absolute Gasteiger partial charge is 0.161 e. The number of nitrogens with one attached hydrogen (secondary N) is 1. The standard InChI is InChI=1S/C18H17ClN6/c19-16-13(7-3-9-21-16)24-17-15(20)18(23-11-22-17)25-10-4-6-12-5-1-2-8-14(12)25/h1-3,5,7-9,11H,4,6,10,20H2,(H,22,23,24). The Kier molecular flexibility index (Phi) is 4.11. The van der Waals surface area contributed by atoms with Crippen molar-refractivity contribution in [1.82, 2.24) is 15.0 Å². The number of hydrogen-bond donors (Lipinski definition) is 2. The number of anilines is 5. The van der Waals surface area contributed by atoms with E-state index in [-0.39, 0.29) is 0 Å². The van der Waals surface area contributed by atoms with Gasteiger partial charge in [0.2, 0.25) is 0 Å². The molecular weight excluding hydrogens is 336 g/mol. The van der Waals surface area contributed by atoms with Gasteiger partial charge in [-0.1, -0.05) is 29.8 Å². The van der Waals surface area contributed by atoms with Crippen LogP contribution in [0.5, 0.6) is 0 Å². The van der Waals surface area contributed by atoms with Gasteiger partial charge in [-0.05, 0) is 36.6 Å². The topological polar surface area (TPSA) is 80.0 Å². The lowest BCUT2D eigenvalue weighted by Gasteiger charge is -2.31. The highest BCUT2D eigenvalue weighted by Crippen LogP contribution is 2.37. The van der Waals surface area contributed by atoms with Gasteiger partial charge < -0.3 is 16.0 Å². The third kappa shape index (κ3) is 2.96. The molecule has 126 valence electrons. The van der Waals surface area contributed by atoms with Gasteiger partial charge in [0.05, 0.1) is 5.69 Å². The van der Waals surface area contributed by atoms with Gasteiger partial charge in [0.25, 0.3) is 0 Å². The van der Waals surface area contributed by atoms with Gasteiger partial charge in [-0.2, -0.15) is 0 Å². The number of pyridine rings is 1. The van der Waals surface area contributed by atoms with E-state index in [2.05, 4.69) is 43.4 Å². The van der Waals surface area contributed by atoms with Gasteiger partial charge >= 0.3 is 0 Å². The maximum Gasteiger partial charge on any atom is 0.161 e. The van der Waals surface area contributed by atoms with Crippen LogP contribution in [0.4, 0.5) is 28.7 Å². The fourth-order valence-corrected chi connectivity index (χ4v) is 3.23. The number of para-hydroxylation sites is 1. The molecule has 0 bridgehead atoms. The molecule has 0 saturated carbocycles. The van der Waals surface area contributed by atoms with E-state index in [9.17, 15) is 0 Å². The number of nitrogen functional groups attached to an aromatic ring is 1. The Bertz CT molecular complexity index is 914. The van der Waals surface area contributed by atoms with Crippen LogP contribution in [0.2, 0.25) is 5.15 Å². The van der Waals surface area contributed by atoms with Crippen molar-refractivity contribution in [3.8, 4) is 0 Å². The molecule has 1 aliphatic rings. The maximum absolute atomic E-state index is 6.38. The minimum absolute atomic E-state index is 0.366. The Morgan fingerprint density at radius 3 is 2.84 bits per heavy atom. The second kappa shape index (κ2) is 6.57. The molecule has 6 nitrogen and oxygen atoms in total. The van der Waals surface area contributed by atoms with E-state index >= 15 is 0 Å². The molecular formula is C18H17ClN6. The Morgan fingerprint density at radius 1 is 1.08 bits per heavy atom. The highest BCUT2D eigenvalue weighted by atomic mass is 35.5. The second-order valence-electron chi connectivity index (χ2n) is 5.81. The number of benzene rings is 1. The van der Waals surface area contributed by atoms with Crippen molar-refractivity contribution in [3.63, 3.8) is 0 Å². The highest BCUT2D eigenvalue weighted by molar-refractivity contribution is 6.32. The predicted octanol–water partition coefficient (Wildman–Crippen LogP) is 3.94. The average Bonchev–Trinajstić information content (AvgIpc) is 2.65. The molecule has 3 aromatic rings. The molecule has 1 aliphatic heterocycles. The van der Waals surface area contributed by atoms with Crippen molar-refractivity contribution in [3.05, 3.63) is 59.6 Å². The van der Waals surface area contributed by atoms with E-state index in [4.69, 9.17) is 17.3 Å². The van der Waals surface area contributed by atoms with Crippen LogP contribution in [0.15, 0.2) is 48.9 Å². The molecule has 0 unspecified atom stereocenters. The summed E-state index contributed by atoms with van der Waals surface area (Å²) in [4.78, 5) is 14.9. The number of hydrogen-bond acceptors (Lipinski definition) is 6. The summed E-state index contributed by atoms with van der Waals surface area (Å²) in [6.45, 7) is 0.866. The van der Waals surface area contributed by atoms with Crippen molar-refractivity contribution in [1.29, 1.82) is 0 Å². The first-order valence-corrected chi connectivity index (χ1v) is 8.45. The molecule has 0 amide bonds. The van der Waals surface area contributed by atoms with Crippen molar-refractivity contribution in [2.75, 3.05) is 22.5 Å². The molecule has 0 atom stereocenters. The first-order chi connectivity index (χ1) is 12.2. The summed E-state index contributed by atoms with van der Waals surface area (Å²) in [5.74, 6) is 1.22. The lowest BCUT2D eigenvalue weighted by molar-refractivity contribution is 0.759. The van der Waals surface area contributed by atoms with Gasteiger partial charge in [0.1, 0.15) is 12.0 Å². The lowest BCUT2D eigenvalue weighted by atomic mass is 10.0. The number of rotatable bonds is 3. The van der Waals surface area contributed by atoms with Gasteiger partial charge in [-0.25, -0.2) is 15.0 Å². The summed E-state index contributed by atoms with van der Waals surface area (Å²) >= 11 is 6.11. The Morgan fingerprint density at radius 2 is 1.96 bits per heavy atom. The van der Waals surface area contributed by atoms with Crippen LogP contribution in [0.1, 0.15) is 12.0 Å². The van der Waals surface area contributed by atoms with E-state index in [0.717, 1.165) is 25.1 Å². The zero-order valence-corrected chi connectivity index (χ0v) is 14.2. The summed E-state index contributed by atoms with van der Waals surface area (Å²) in [6, 6.07) is 12.0. The van der Waals surface area contributed by atoms with Gasteiger partial charge in [0.15, 0.2) is 16.8 Å². The zero-order chi connectivity index (χ0) is 17.2. The van der Waals surface area contributed by atoms with Crippen LogP contribution >= 0.6 is 11.6 Å². The minimum atomic E-state index is 0.366. The first-order valence-electron chi connectivity index (χ1n) is 8.07. The van der Waals surface area contributed by atoms with Crippen LogP contribution in [-0.4, -0.2) is 21.5 Å². The lowest BCUT2D eigenvalue weighted by Crippen LogP contribution is -2.26. The predicted molar refractivity (Wildman–Crippen MR) is 101 cm³/mol. The van der Waals surface area contributed by atoms with Crippen LogP contribution < -0.4 is 16.0 Å². The maximum atomic E-state index is 6.38. The largest absolute Gasteiger partial charge is 0.393 e. The molecule has 3 heterocycles. The normalized spacial score (nSPS) is 13.4. The van der Waals surface area contributed by atoms with E-state index in [1.807, 2.05) is 12.1 Å². The van der Waals surface area contributed by atoms with Crippen molar-refractivity contribution < 1.29 is 0 Å². The third-order valence-corrected chi connectivity index (χ3v) is 4.54. The number of halogens is 1. The number of nitrogens with two attached hydrogens (primary N) is 1. The number of aryl methyl sites for hydroxylation is 1. The number of nitrogens with zero attached hydrogens (tertiary/aromatic N) is 4. The Labute approximate surface area is 150 Å². The van der Waals surface area contributed by atoms with E-state index < -0.39 is 0 Å². The minimum Gasteiger partial charge on any atom is -0.393 e. The quantitative estimate of drug-likeness (QED) is 0.695. The SMILES string of the molecule is Nc1c(Nc2cccnc2Cl)ncnc1N1CCCc2ccccc21. The summed E-state index contributed by atoms with van der Waals surface area (Å²) in [6.07, 6.45) is 5.26. The zero-order valence-electron chi connectivity index (χ0n) is 13.5. The average molecular weight is 353 g/mol. The van der Waals surface area contributed by atoms with Crippen molar-refractivity contribution in [2.45, 2.75) is 12.8 Å². The van der Waals surface area contributed by atoms with Crippen LogP contribution in [0.3, 0.4) is 0 Å². The van der Waals surface area contributed by atoms with Gasteiger partial charge in [0, 0.05) is 18.4 Å². The molecule has 4 rings (SSSR count). The fourth-order valence-electron chi connectivity index (χ4n) is 3.06. The molecule has 0 spiro atoms. The number of aromatic nitrogens is 3. The van der Waals surface area contributed by atoms with Gasteiger partial charge in [-0.15, -0.1) is 0 Å². The van der Waals surface area contributed by atoms with Crippen molar-refractivity contribution in [2.24, 2.45) is 0 Å². The molecule has 7 heteroatoms. The summed E-state index contributed by atoms with van der Waals surface area (Å²) in [7, 11) is 0. The van der Waals surface area contributed by atoms with E-state index in [0.29, 0.717) is 28.2 Å². The van der Waals surface area contributed by atoms with Crippen LogP contribution in [-0.2, 0) is 6.42 Å². The van der Waals surface area contributed by atoms with Gasteiger partial charge in [-0.3, -0.25) is 0 Å². The first kappa shape index (κ1) is 15.7. The van der Waals surface area contributed by atoms with E-state index in [1.54, 1.807) is 12.3 Å². The molecule has 2 aromatic heterocycles. The second-order valence-corrected chi connectivity index (χ2v) is 6.17. The van der Waals surface area contributed by atoms with Crippen LogP contribution in [0.25, 0.3) is 0 Å². The molecule has 0 radical (unpaired) electrons. The monoisotopic (exact) mass is 352 g/mol. The summed E-state index contributed by atoms with van der Waals surface area (Å²) < 4.78 is 0. The molecule has 0 aliphatic carbocycles. The Hall–Kier alpha value is -2.86. The van der Waals surface area contributed by atoms with Crippen LogP contribution in [0, 0.1) is 0 Å². The molecule has 25 heavy (non-hydrogen) atoms. The van der Waals surface area contributed by atoms with Crippen molar-refractivity contribution >= 4 is 40.3 Å². The third-order valence-electron chi connectivity index (χ3n) is 4.24. The summed E-state index contributed by atoms with van der Waals surface area (Å²) in [5.41, 5.74) is 9.96. The molecule has 1 aromatic carbocycles. The highest BCUT2D eigenvalue weighted by Gasteiger charge is 2.22. The Balaban J connectivity index is 1.72. The number of fused-ring (bicyclic) bond motifs is 1.